The van der Waals surface area contributed by atoms with Gasteiger partial charge in [0.1, 0.15) is 0 Å². The highest BCUT2D eigenvalue weighted by atomic mass is 127. The van der Waals surface area contributed by atoms with Crippen LogP contribution in [-0.4, -0.2) is 37.6 Å². The fourth-order valence-corrected chi connectivity index (χ4v) is 2.46. The Balaban J connectivity index is 0.00000441. The quantitative estimate of drug-likeness (QED) is 0.268. The molecule has 0 amide bonds. The van der Waals surface area contributed by atoms with E-state index in [0.717, 1.165) is 38.4 Å². The van der Waals surface area contributed by atoms with Gasteiger partial charge in [-0.1, -0.05) is 29.8 Å². The van der Waals surface area contributed by atoms with Gasteiger partial charge in [0.25, 0.3) is 0 Å². The van der Waals surface area contributed by atoms with Gasteiger partial charge >= 0.3 is 0 Å². The number of halogens is 1. The van der Waals surface area contributed by atoms with Crippen molar-refractivity contribution in [2.24, 2.45) is 4.99 Å². The zero-order valence-corrected chi connectivity index (χ0v) is 17.2. The van der Waals surface area contributed by atoms with E-state index in [1.165, 1.54) is 23.3 Å². The lowest BCUT2D eigenvalue weighted by Crippen LogP contribution is -2.38. The Morgan fingerprint density at radius 3 is 2.50 bits per heavy atom. The number of thioether (sulfide) groups is 1. The second-order valence-corrected chi connectivity index (χ2v) is 6.11. The molecule has 0 fully saturated rings. The Morgan fingerprint density at radius 1 is 1.14 bits per heavy atom. The van der Waals surface area contributed by atoms with E-state index in [4.69, 9.17) is 0 Å². The molecule has 0 heterocycles. The lowest BCUT2D eigenvalue weighted by molar-refractivity contribution is 0.770. The minimum atomic E-state index is 0. The van der Waals surface area contributed by atoms with Crippen molar-refractivity contribution in [3.8, 4) is 0 Å². The predicted molar refractivity (Wildman–Crippen MR) is 112 cm³/mol. The van der Waals surface area contributed by atoms with Crippen molar-refractivity contribution in [2.75, 3.05) is 31.6 Å². The average molecular weight is 435 g/mol. The van der Waals surface area contributed by atoms with E-state index in [1.807, 2.05) is 11.8 Å². The Bertz CT molecular complexity index is 407. The van der Waals surface area contributed by atoms with Gasteiger partial charge in [0.05, 0.1) is 0 Å². The van der Waals surface area contributed by atoms with Crippen LogP contribution in [0.4, 0.5) is 0 Å². The van der Waals surface area contributed by atoms with Gasteiger partial charge in [-0.3, -0.25) is 4.99 Å². The third-order valence-corrected chi connectivity index (χ3v) is 3.89. The van der Waals surface area contributed by atoms with E-state index in [2.05, 4.69) is 60.0 Å². The average Bonchev–Trinajstić information content (AvgIpc) is 2.49. The van der Waals surface area contributed by atoms with Gasteiger partial charge in [0, 0.05) is 19.6 Å². The molecule has 0 spiro atoms. The smallest absolute Gasteiger partial charge is 0.191 e. The first-order valence-electron chi connectivity index (χ1n) is 7.83. The summed E-state index contributed by atoms with van der Waals surface area (Å²) in [4.78, 5) is 4.62. The molecular weight excluding hydrogens is 405 g/mol. The first-order chi connectivity index (χ1) is 10.3. The minimum absolute atomic E-state index is 0. The van der Waals surface area contributed by atoms with Crippen LogP contribution in [0.15, 0.2) is 29.3 Å². The molecule has 1 rings (SSSR count). The molecule has 2 N–H and O–H groups in total. The number of benzene rings is 1. The molecule has 0 bridgehead atoms. The summed E-state index contributed by atoms with van der Waals surface area (Å²) in [6.45, 7) is 6.95. The lowest BCUT2D eigenvalue weighted by Gasteiger charge is -2.11. The molecule has 0 aliphatic rings. The standard InChI is InChI=1S/C17H29N3S.HI/c1-4-18-17(19-12-5-6-14-21-3)20-13-11-16-9-7-15(2)8-10-16;/h7-10H,4-6,11-14H2,1-3H3,(H2,18,19,20);1H. The van der Waals surface area contributed by atoms with Crippen LogP contribution in [0.5, 0.6) is 0 Å². The summed E-state index contributed by atoms with van der Waals surface area (Å²) in [7, 11) is 0. The summed E-state index contributed by atoms with van der Waals surface area (Å²) >= 11 is 1.90. The van der Waals surface area contributed by atoms with E-state index in [0.29, 0.717) is 0 Å². The van der Waals surface area contributed by atoms with E-state index < -0.39 is 0 Å². The van der Waals surface area contributed by atoms with Crippen LogP contribution in [-0.2, 0) is 6.42 Å². The van der Waals surface area contributed by atoms with Crippen molar-refractivity contribution in [1.29, 1.82) is 0 Å². The number of rotatable bonds is 9. The zero-order chi connectivity index (χ0) is 15.3. The molecule has 1 aromatic rings. The van der Waals surface area contributed by atoms with Gasteiger partial charge in [0.15, 0.2) is 5.96 Å². The number of hydrogen-bond donors (Lipinski definition) is 2. The summed E-state index contributed by atoms with van der Waals surface area (Å²) < 4.78 is 0. The molecule has 0 radical (unpaired) electrons. The summed E-state index contributed by atoms with van der Waals surface area (Å²) in [6, 6.07) is 8.73. The highest BCUT2D eigenvalue weighted by molar-refractivity contribution is 14.0. The van der Waals surface area contributed by atoms with Gasteiger partial charge in [-0.25, -0.2) is 0 Å². The molecule has 0 aliphatic heterocycles. The lowest BCUT2D eigenvalue weighted by atomic mass is 10.1. The van der Waals surface area contributed by atoms with Crippen LogP contribution in [0, 0.1) is 6.92 Å². The molecule has 3 nitrogen and oxygen atoms in total. The number of nitrogens with one attached hydrogen (secondary N) is 2. The second kappa shape index (κ2) is 14.2. The molecular formula is C17H30IN3S. The maximum Gasteiger partial charge on any atom is 0.191 e. The van der Waals surface area contributed by atoms with Crippen LogP contribution < -0.4 is 10.6 Å². The van der Waals surface area contributed by atoms with Crippen LogP contribution >= 0.6 is 35.7 Å². The maximum absolute atomic E-state index is 4.62. The molecule has 22 heavy (non-hydrogen) atoms. The molecule has 0 atom stereocenters. The molecule has 0 saturated carbocycles. The minimum Gasteiger partial charge on any atom is -0.357 e. The van der Waals surface area contributed by atoms with Gasteiger partial charge in [-0.2, -0.15) is 11.8 Å². The molecule has 0 unspecified atom stereocenters. The van der Waals surface area contributed by atoms with E-state index in [9.17, 15) is 0 Å². The van der Waals surface area contributed by atoms with Crippen LogP contribution in [0.25, 0.3) is 0 Å². The fourth-order valence-electron chi connectivity index (χ4n) is 1.97. The summed E-state index contributed by atoms with van der Waals surface area (Å²) in [5, 5.41) is 6.71. The SMILES string of the molecule is CCNC(=NCCCCSC)NCCc1ccc(C)cc1.I. The number of hydrogen-bond acceptors (Lipinski definition) is 2. The van der Waals surface area contributed by atoms with Gasteiger partial charge in [0.2, 0.25) is 0 Å². The van der Waals surface area contributed by atoms with Crippen molar-refractivity contribution in [3.05, 3.63) is 35.4 Å². The summed E-state index contributed by atoms with van der Waals surface area (Å²) in [5.74, 6) is 2.17. The molecule has 0 aliphatic carbocycles. The predicted octanol–water partition coefficient (Wildman–Crippen LogP) is 3.85. The highest BCUT2D eigenvalue weighted by Crippen LogP contribution is 2.03. The fraction of sp³-hybridized carbons (Fsp3) is 0.588. The normalized spacial score (nSPS) is 11.0. The van der Waals surface area contributed by atoms with Crippen LogP contribution in [0.1, 0.15) is 30.9 Å². The number of unbranched alkanes of at least 4 members (excludes halogenated alkanes) is 1. The zero-order valence-electron chi connectivity index (χ0n) is 14.0. The Morgan fingerprint density at radius 2 is 1.86 bits per heavy atom. The van der Waals surface area contributed by atoms with Gasteiger partial charge < -0.3 is 10.6 Å². The van der Waals surface area contributed by atoms with Crippen LogP contribution in [0.2, 0.25) is 0 Å². The van der Waals surface area contributed by atoms with E-state index >= 15 is 0 Å². The first kappa shape index (κ1) is 21.6. The summed E-state index contributed by atoms with van der Waals surface area (Å²) in [5.41, 5.74) is 2.68. The van der Waals surface area contributed by atoms with E-state index in [-0.39, 0.29) is 24.0 Å². The number of aryl methyl sites for hydroxylation is 1. The molecule has 0 saturated heterocycles. The highest BCUT2D eigenvalue weighted by Gasteiger charge is 1.97. The first-order valence-corrected chi connectivity index (χ1v) is 9.22. The van der Waals surface area contributed by atoms with E-state index in [1.54, 1.807) is 0 Å². The largest absolute Gasteiger partial charge is 0.357 e. The summed E-state index contributed by atoms with van der Waals surface area (Å²) in [6.07, 6.45) is 5.58. The van der Waals surface area contributed by atoms with Crippen molar-refractivity contribution in [1.82, 2.24) is 10.6 Å². The topological polar surface area (TPSA) is 36.4 Å². The van der Waals surface area contributed by atoms with Crippen LogP contribution in [0.3, 0.4) is 0 Å². The van der Waals surface area contributed by atoms with Crippen molar-refractivity contribution >= 4 is 41.7 Å². The van der Waals surface area contributed by atoms with Crippen molar-refractivity contribution < 1.29 is 0 Å². The van der Waals surface area contributed by atoms with Crippen molar-refractivity contribution in [2.45, 2.75) is 33.1 Å². The second-order valence-electron chi connectivity index (χ2n) is 5.12. The Labute approximate surface area is 157 Å². The van der Waals surface area contributed by atoms with Gasteiger partial charge in [-0.15, -0.1) is 24.0 Å². The molecule has 1 aromatic carbocycles. The molecule has 126 valence electrons. The molecule has 0 aromatic heterocycles. The van der Waals surface area contributed by atoms with Gasteiger partial charge in [-0.05, 0) is 50.7 Å². The Kier molecular flexibility index (Phi) is 13.9. The number of aliphatic imine (C=N–C) groups is 1. The third-order valence-electron chi connectivity index (χ3n) is 3.20. The number of guanidine groups is 1. The monoisotopic (exact) mass is 435 g/mol. The Hall–Kier alpha value is -0.430. The maximum atomic E-state index is 4.62. The molecule has 5 heteroatoms. The van der Waals surface area contributed by atoms with Crippen molar-refractivity contribution in [3.63, 3.8) is 0 Å². The number of nitrogens with zero attached hydrogens (tertiary/aromatic N) is 1. The third kappa shape index (κ3) is 10.3.